The Morgan fingerprint density at radius 3 is 2.62 bits per heavy atom. The van der Waals surface area contributed by atoms with Crippen molar-refractivity contribution in [3.63, 3.8) is 0 Å². The molecule has 0 spiro atoms. The summed E-state index contributed by atoms with van der Waals surface area (Å²) in [5.41, 5.74) is 1.48. The molecule has 1 aromatic heterocycles. The van der Waals surface area contributed by atoms with Gasteiger partial charge in [-0.1, -0.05) is 0 Å². The molecule has 2 aromatic rings. The Kier molecular flexibility index (Phi) is 3.76. The Morgan fingerprint density at radius 2 is 1.90 bits per heavy atom. The average molecular weight is 292 g/mol. The highest BCUT2D eigenvalue weighted by Gasteiger charge is 2.20. The van der Waals surface area contributed by atoms with Gasteiger partial charge in [-0.25, -0.2) is 13.8 Å². The second-order valence-electron chi connectivity index (χ2n) is 5.72. The van der Waals surface area contributed by atoms with Crippen molar-refractivity contribution in [3.05, 3.63) is 35.5 Å². The van der Waals surface area contributed by atoms with Crippen LogP contribution < -0.4 is 5.32 Å². The van der Waals surface area contributed by atoms with Crippen molar-refractivity contribution in [2.24, 2.45) is 0 Å². The van der Waals surface area contributed by atoms with E-state index in [0.29, 0.717) is 11.1 Å². The van der Waals surface area contributed by atoms with Gasteiger partial charge in [-0.15, -0.1) is 0 Å². The Labute approximate surface area is 122 Å². The fourth-order valence-corrected chi connectivity index (χ4v) is 2.92. The Bertz CT molecular complexity index is 667. The molecule has 0 amide bonds. The van der Waals surface area contributed by atoms with Gasteiger partial charge < -0.3 is 10.4 Å². The summed E-state index contributed by atoms with van der Waals surface area (Å²) in [5, 5.41) is 13.5. The summed E-state index contributed by atoms with van der Waals surface area (Å²) in [6, 6.07) is 4.78. The van der Waals surface area contributed by atoms with Crippen molar-refractivity contribution in [1.29, 1.82) is 0 Å². The standard InChI is InChI=1S/C16H18F2N2O/c1-9-8-14(20-10-2-4-11(21)5-3-10)12-6-7-13(17)15(18)16(12)19-9/h6-8,10-11,21H,2-5H2,1H3,(H,19,20). The van der Waals surface area contributed by atoms with Gasteiger partial charge in [0.15, 0.2) is 11.6 Å². The van der Waals surface area contributed by atoms with Crippen molar-refractivity contribution in [3.8, 4) is 0 Å². The van der Waals surface area contributed by atoms with Crippen molar-refractivity contribution in [1.82, 2.24) is 4.98 Å². The van der Waals surface area contributed by atoms with Gasteiger partial charge in [-0.2, -0.15) is 0 Å². The van der Waals surface area contributed by atoms with E-state index in [4.69, 9.17) is 0 Å². The molecule has 1 aliphatic carbocycles. The molecule has 1 aromatic carbocycles. The fraction of sp³-hybridized carbons (Fsp3) is 0.438. The number of nitrogens with zero attached hydrogens (tertiary/aromatic N) is 1. The third kappa shape index (κ3) is 2.83. The van der Waals surface area contributed by atoms with E-state index < -0.39 is 11.6 Å². The number of aliphatic hydroxyl groups is 1. The molecule has 3 rings (SSSR count). The van der Waals surface area contributed by atoms with Gasteiger partial charge in [0.1, 0.15) is 5.52 Å². The first kappa shape index (κ1) is 14.2. The molecular formula is C16H18F2N2O. The molecule has 1 fully saturated rings. The van der Waals surface area contributed by atoms with E-state index >= 15 is 0 Å². The van der Waals surface area contributed by atoms with Crippen LogP contribution in [-0.4, -0.2) is 22.2 Å². The molecule has 1 heterocycles. The highest BCUT2D eigenvalue weighted by Crippen LogP contribution is 2.29. The molecule has 112 valence electrons. The lowest BCUT2D eigenvalue weighted by Gasteiger charge is -2.27. The Balaban J connectivity index is 1.96. The van der Waals surface area contributed by atoms with E-state index in [1.54, 1.807) is 13.0 Å². The molecule has 21 heavy (non-hydrogen) atoms. The third-order valence-electron chi connectivity index (χ3n) is 4.06. The van der Waals surface area contributed by atoms with E-state index in [1.807, 2.05) is 6.07 Å². The predicted octanol–water partition coefficient (Wildman–Crippen LogP) is 3.54. The average Bonchev–Trinajstić information content (AvgIpc) is 2.46. The van der Waals surface area contributed by atoms with Crippen molar-refractivity contribution in [2.45, 2.75) is 44.8 Å². The topological polar surface area (TPSA) is 45.1 Å². The lowest BCUT2D eigenvalue weighted by atomic mass is 9.93. The summed E-state index contributed by atoms with van der Waals surface area (Å²) in [5.74, 6) is -1.79. The lowest BCUT2D eigenvalue weighted by molar-refractivity contribution is 0.126. The van der Waals surface area contributed by atoms with E-state index in [1.165, 1.54) is 0 Å². The zero-order valence-corrected chi connectivity index (χ0v) is 11.9. The number of aliphatic hydroxyl groups excluding tert-OH is 1. The van der Waals surface area contributed by atoms with Crippen LogP contribution in [0.3, 0.4) is 0 Å². The number of anilines is 1. The number of fused-ring (bicyclic) bond motifs is 1. The minimum atomic E-state index is -0.904. The van der Waals surface area contributed by atoms with Crippen LogP contribution in [-0.2, 0) is 0 Å². The molecule has 2 N–H and O–H groups in total. The Hall–Kier alpha value is -1.75. The number of pyridine rings is 1. The number of hydrogen-bond donors (Lipinski definition) is 2. The fourth-order valence-electron chi connectivity index (χ4n) is 2.92. The second kappa shape index (κ2) is 5.56. The first-order chi connectivity index (χ1) is 10.0. The summed E-state index contributed by atoms with van der Waals surface area (Å²) in [6.45, 7) is 1.76. The predicted molar refractivity (Wildman–Crippen MR) is 78.3 cm³/mol. The van der Waals surface area contributed by atoms with Crippen LogP contribution in [0.5, 0.6) is 0 Å². The SMILES string of the molecule is Cc1cc(NC2CCC(O)CC2)c2ccc(F)c(F)c2n1. The van der Waals surface area contributed by atoms with Crippen LogP contribution in [0.4, 0.5) is 14.5 Å². The van der Waals surface area contributed by atoms with Crippen LogP contribution in [0.1, 0.15) is 31.4 Å². The summed E-state index contributed by atoms with van der Waals surface area (Å²) in [7, 11) is 0. The number of hydrogen-bond acceptors (Lipinski definition) is 3. The maximum Gasteiger partial charge on any atom is 0.185 e. The van der Waals surface area contributed by atoms with Crippen LogP contribution in [0.15, 0.2) is 18.2 Å². The summed E-state index contributed by atoms with van der Waals surface area (Å²) in [6.07, 6.45) is 3.05. The molecule has 0 saturated heterocycles. The number of rotatable bonds is 2. The zero-order valence-electron chi connectivity index (χ0n) is 11.9. The van der Waals surface area contributed by atoms with E-state index in [-0.39, 0.29) is 17.7 Å². The molecule has 3 nitrogen and oxygen atoms in total. The maximum absolute atomic E-state index is 13.9. The molecule has 0 aliphatic heterocycles. The summed E-state index contributed by atoms with van der Waals surface area (Å²) < 4.78 is 27.2. The normalized spacial score (nSPS) is 22.5. The smallest absolute Gasteiger partial charge is 0.185 e. The molecular weight excluding hydrogens is 274 g/mol. The van der Waals surface area contributed by atoms with E-state index in [9.17, 15) is 13.9 Å². The number of aromatic nitrogens is 1. The third-order valence-corrected chi connectivity index (χ3v) is 4.06. The van der Waals surface area contributed by atoms with Crippen molar-refractivity contribution < 1.29 is 13.9 Å². The maximum atomic E-state index is 13.9. The van der Waals surface area contributed by atoms with E-state index in [2.05, 4.69) is 10.3 Å². The van der Waals surface area contributed by atoms with Gasteiger partial charge in [-0.3, -0.25) is 0 Å². The molecule has 1 saturated carbocycles. The minimum Gasteiger partial charge on any atom is -0.393 e. The van der Waals surface area contributed by atoms with Crippen LogP contribution in [0.25, 0.3) is 10.9 Å². The second-order valence-corrected chi connectivity index (χ2v) is 5.72. The molecule has 5 heteroatoms. The van der Waals surface area contributed by atoms with Crippen LogP contribution in [0.2, 0.25) is 0 Å². The monoisotopic (exact) mass is 292 g/mol. The van der Waals surface area contributed by atoms with Crippen LogP contribution in [0, 0.1) is 18.6 Å². The largest absolute Gasteiger partial charge is 0.393 e. The van der Waals surface area contributed by atoms with Crippen LogP contribution >= 0.6 is 0 Å². The van der Waals surface area contributed by atoms with Gasteiger partial charge in [0.25, 0.3) is 0 Å². The molecule has 0 radical (unpaired) electrons. The molecule has 0 bridgehead atoms. The van der Waals surface area contributed by atoms with Gasteiger partial charge in [0, 0.05) is 22.8 Å². The minimum absolute atomic E-state index is 0.0633. The lowest BCUT2D eigenvalue weighted by Crippen LogP contribution is -2.28. The molecule has 0 atom stereocenters. The number of nitrogens with one attached hydrogen (secondary N) is 1. The first-order valence-electron chi connectivity index (χ1n) is 7.24. The summed E-state index contributed by atoms with van der Waals surface area (Å²) in [4.78, 5) is 4.11. The number of halogens is 2. The molecule has 1 aliphatic rings. The van der Waals surface area contributed by atoms with Crippen molar-refractivity contribution in [2.75, 3.05) is 5.32 Å². The van der Waals surface area contributed by atoms with E-state index in [0.717, 1.165) is 37.4 Å². The zero-order chi connectivity index (χ0) is 15.0. The van der Waals surface area contributed by atoms with Gasteiger partial charge in [0.2, 0.25) is 0 Å². The Morgan fingerprint density at radius 1 is 1.19 bits per heavy atom. The highest BCUT2D eigenvalue weighted by atomic mass is 19.2. The quantitative estimate of drug-likeness (QED) is 0.890. The van der Waals surface area contributed by atoms with Gasteiger partial charge in [0.05, 0.1) is 6.10 Å². The van der Waals surface area contributed by atoms with Crippen molar-refractivity contribution >= 4 is 16.6 Å². The van der Waals surface area contributed by atoms with Gasteiger partial charge >= 0.3 is 0 Å². The highest BCUT2D eigenvalue weighted by molar-refractivity contribution is 5.92. The summed E-state index contributed by atoms with van der Waals surface area (Å²) >= 11 is 0. The number of benzene rings is 1. The molecule has 0 unspecified atom stereocenters. The first-order valence-corrected chi connectivity index (χ1v) is 7.24. The number of aryl methyl sites for hydroxylation is 1. The van der Waals surface area contributed by atoms with Gasteiger partial charge in [-0.05, 0) is 50.8 Å².